The Kier molecular flexibility index (Phi) is 5.48. The molecule has 134 valence electrons. The molecule has 9 heteroatoms. The summed E-state index contributed by atoms with van der Waals surface area (Å²) >= 11 is 0. The highest BCUT2D eigenvalue weighted by Gasteiger charge is 2.36. The molecule has 1 aliphatic heterocycles. The Morgan fingerprint density at radius 2 is 1.48 bits per heavy atom. The Labute approximate surface area is 142 Å². The molecule has 0 atom stereocenters. The lowest BCUT2D eigenvalue weighted by atomic mass is 9.96. The molecule has 0 aliphatic carbocycles. The first-order valence-electron chi connectivity index (χ1n) is 7.00. The minimum atomic E-state index is -6.09. The molecule has 3 rings (SSSR count). The van der Waals surface area contributed by atoms with E-state index in [1.165, 1.54) is 16.7 Å². The van der Waals surface area contributed by atoms with Gasteiger partial charge in [0.2, 0.25) is 0 Å². The van der Waals surface area contributed by atoms with Crippen LogP contribution in [0.1, 0.15) is 11.1 Å². The number of fused-ring (bicyclic) bond motifs is 3. The van der Waals surface area contributed by atoms with Gasteiger partial charge in [-0.05, 0) is 17.2 Å². The van der Waals surface area contributed by atoms with E-state index in [0.717, 1.165) is 18.0 Å². The van der Waals surface area contributed by atoms with Gasteiger partial charge in [0.25, 0.3) is 0 Å². The molecule has 0 amide bonds. The zero-order chi connectivity index (χ0) is 18.7. The summed E-state index contributed by atoms with van der Waals surface area (Å²) in [6, 6.07) is 16.8. The van der Waals surface area contributed by atoms with E-state index in [0.29, 0.717) is 0 Å². The Morgan fingerprint density at radius 3 is 2.00 bits per heavy atom. The van der Waals surface area contributed by atoms with E-state index >= 15 is 0 Å². The molecule has 5 nitrogen and oxygen atoms in total. The molecule has 2 aromatic carbocycles. The van der Waals surface area contributed by atoms with E-state index < -0.39 is 15.6 Å². The molecule has 0 saturated heterocycles. The second kappa shape index (κ2) is 7.24. The predicted molar refractivity (Wildman–Crippen MR) is 83.4 cm³/mol. The zero-order valence-electron chi connectivity index (χ0n) is 13.0. The van der Waals surface area contributed by atoms with Gasteiger partial charge in [0.15, 0.2) is 16.7 Å². The predicted octanol–water partition coefficient (Wildman–Crippen LogP) is 1.39. The average Bonchev–Trinajstić information content (AvgIpc) is 2.70. The van der Waals surface area contributed by atoms with Crippen molar-refractivity contribution in [1.82, 2.24) is 0 Å². The van der Waals surface area contributed by atoms with Crippen molar-refractivity contribution >= 4 is 16.0 Å². The molecule has 0 unspecified atom stereocenters. The Bertz CT molecular complexity index is 892. The summed E-state index contributed by atoms with van der Waals surface area (Å²) in [6.45, 7) is 0.800. The van der Waals surface area contributed by atoms with E-state index in [2.05, 4.69) is 47.5 Å². The van der Waals surface area contributed by atoms with Gasteiger partial charge >= 0.3 is 11.4 Å². The highest BCUT2D eigenvalue weighted by molar-refractivity contribution is 7.86. The van der Waals surface area contributed by atoms with Crippen molar-refractivity contribution in [3.8, 4) is 11.1 Å². The molecule has 0 aromatic heterocycles. The molecule has 1 aliphatic rings. The van der Waals surface area contributed by atoms with Crippen LogP contribution in [0.3, 0.4) is 0 Å². The van der Waals surface area contributed by atoms with Crippen molar-refractivity contribution in [2.45, 2.75) is 12.1 Å². The molecular weight excluding hydrogens is 359 g/mol. The van der Waals surface area contributed by atoms with Crippen LogP contribution in [0.4, 0.5) is 13.2 Å². The monoisotopic (exact) mass is 373 g/mol. The number of ether oxygens (including phenoxy) is 1. The van der Waals surface area contributed by atoms with Crippen LogP contribution < -0.4 is 4.99 Å². The van der Waals surface area contributed by atoms with Crippen molar-refractivity contribution in [2.24, 2.45) is 0 Å². The van der Waals surface area contributed by atoms with Crippen molar-refractivity contribution in [1.29, 1.82) is 0 Å². The van der Waals surface area contributed by atoms with Gasteiger partial charge in [-0.25, -0.2) is 13.4 Å². The molecule has 0 spiro atoms. The third-order valence-electron chi connectivity index (χ3n) is 3.41. The second-order valence-electron chi connectivity index (χ2n) is 4.99. The van der Waals surface area contributed by atoms with Crippen molar-refractivity contribution in [3.05, 3.63) is 59.7 Å². The van der Waals surface area contributed by atoms with Crippen molar-refractivity contribution in [2.75, 3.05) is 7.11 Å². The van der Waals surface area contributed by atoms with Gasteiger partial charge < -0.3 is 9.29 Å². The van der Waals surface area contributed by atoms with Gasteiger partial charge in [-0.15, -0.1) is 0 Å². The maximum atomic E-state index is 10.7. The van der Waals surface area contributed by atoms with Gasteiger partial charge in [0.1, 0.15) is 0 Å². The number of halogens is 3. The molecule has 0 radical (unpaired) electrons. The number of alkyl halides is 3. The molecule has 0 saturated carbocycles. The van der Waals surface area contributed by atoms with Crippen LogP contribution in [0.25, 0.3) is 11.1 Å². The lowest BCUT2D eigenvalue weighted by Gasteiger charge is -2.08. The van der Waals surface area contributed by atoms with Crippen LogP contribution in [-0.2, 0) is 21.4 Å². The number of benzene rings is 2. The van der Waals surface area contributed by atoms with Crippen LogP contribution in [-0.4, -0.2) is 31.5 Å². The molecule has 1 N–H and O–H groups in total. The van der Waals surface area contributed by atoms with Crippen LogP contribution in [0, 0.1) is 0 Å². The van der Waals surface area contributed by atoms with Gasteiger partial charge in [0.05, 0.1) is 12.7 Å². The van der Waals surface area contributed by atoms with E-state index in [4.69, 9.17) is 17.7 Å². The number of rotatable bonds is 0. The summed E-state index contributed by atoms with van der Waals surface area (Å²) in [4.78, 5) is 3.34. The molecule has 0 bridgehead atoms. The smallest absolute Gasteiger partial charge is 0.485 e. The van der Waals surface area contributed by atoms with Crippen molar-refractivity contribution < 1.29 is 35.9 Å². The number of nitrogens with one attached hydrogen (secondary N) is 1. The summed E-state index contributed by atoms with van der Waals surface area (Å²) in [7, 11) is -4.39. The highest BCUT2D eigenvalue weighted by atomic mass is 32.2. The summed E-state index contributed by atoms with van der Waals surface area (Å²) in [6.07, 6.45) is 0. The second-order valence-corrected chi connectivity index (χ2v) is 6.36. The Balaban J connectivity index is 0.000000242. The van der Waals surface area contributed by atoms with Crippen LogP contribution in [0.15, 0.2) is 48.5 Å². The summed E-state index contributed by atoms with van der Waals surface area (Å²) in [5.41, 5.74) is -0.716. The fourth-order valence-electron chi connectivity index (χ4n) is 2.31. The summed E-state index contributed by atoms with van der Waals surface area (Å²) in [5.74, 6) is 0.844. The molecule has 25 heavy (non-hydrogen) atoms. The SMILES string of the molecule is COC1=[NH+]Cc2ccccc2-c2ccccc21.O=S(=O)([O-])C(F)(F)F. The fraction of sp³-hybridized carbons (Fsp3) is 0.188. The fourth-order valence-corrected chi connectivity index (χ4v) is 2.31. The van der Waals surface area contributed by atoms with Gasteiger partial charge in [-0.2, -0.15) is 13.2 Å². The largest absolute Gasteiger partial charge is 0.741 e. The normalized spacial score (nSPS) is 13.4. The first kappa shape index (κ1) is 18.9. The molecule has 0 fully saturated rings. The van der Waals surface area contributed by atoms with Crippen LogP contribution >= 0.6 is 0 Å². The number of hydrogen-bond acceptors (Lipinski definition) is 4. The minimum Gasteiger partial charge on any atom is -0.741 e. The van der Waals surface area contributed by atoms with E-state index in [1.807, 2.05) is 6.07 Å². The van der Waals surface area contributed by atoms with E-state index in [1.54, 1.807) is 7.11 Å². The van der Waals surface area contributed by atoms with Gasteiger partial charge in [-0.3, -0.25) is 0 Å². The summed E-state index contributed by atoms with van der Waals surface area (Å²) in [5, 5.41) is 0. The van der Waals surface area contributed by atoms with Crippen molar-refractivity contribution in [3.63, 3.8) is 0 Å². The average molecular weight is 373 g/mol. The van der Waals surface area contributed by atoms with E-state index in [9.17, 15) is 13.2 Å². The first-order chi connectivity index (χ1) is 11.6. The quantitative estimate of drug-likeness (QED) is 0.559. The Hall–Kier alpha value is -2.39. The third-order valence-corrected chi connectivity index (χ3v) is 3.97. The zero-order valence-corrected chi connectivity index (χ0v) is 13.8. The first-order valence-corrected chi connectivity index (χ1v) is 8.40. The number of methoxy groups -OCH3 is 1. The Morgan fingerprint density at radius 1 is 1.00 bits per heavy atom. The minimum absolute atomic E-state index is 0.800. The van der Waals surface area contributed by atoms with Crippen LogP contribution in [0.2, 0.25) is 0 Å². The molecular formula is C16H14F3NO4S. The third kappa shape index (κ3) is 4.37. The maximum absolute atomic E-state index is 10.7. The molecule has 2 aromatic rings. The maximum Gasteiger partial charge on any atom is 0.485 e. The van der Waals surface area contributed by atoms with E-state index in [-0.39, 0.29) is 0 Å². The standard InChI is InChI=1S/C15H13NO.CHF3O3S/c1-17-15-14-9-5-4-8-13(14)12-7-3-2-6-11(12)10-16-15;2-1(3,4)8(5,6)7/h2-9H,10H2,1H3;(H,5,6,7). The number of hydrogen-bond donors (Lipinski definition) is 1. The van der Waals surface area contributed by atoms with Gasteiger partial charge in [0, 0.05) is 5.56 Å². The summed E-state index contributed by atoms with van der Waals surface area (Å²) < 4.78 is 64.3. The topological polar surface area (TPSA) is 80.4 Å². The van der Waals surface area contributed by atoms with Gasteiger partial charge in [-0.1, -0.05) is 42.5 Å². The molecule has 1 heterocycles. The lowest BCUT2D eigenvalue weighted by Crippen LogP contribution is -2.71. The van der Waals surface area contributed by atoms with Crippen LogP contribution in [0.5, 0.6) is 0 Å². The highest BCUT2D eigenvalue weighted by Crippen LogP contribution is 2.27. The lowest BCUT2D eigenvalue weighted by molar-refractivity contribution is -0.483.